The fraction of sp³-hybridized carbons (Fsp3) is 0.227. The summed E-state index contributed by atoms with van der Waals surface area (Å²) in [6, 6.07) is 14.2. The predicted octanol–water partition coefficient (Wildman–Crippen LogP) is 4.04. The Morgan fingerprint density at radius 3 is 2.43 bits per heavy atom. The van der Waals surface area contributed by atoms with Crippen LogP contribution in [-0.2, 0) is 4.79 Å². The number of carbonyl (C=O) groups excluding carboxylic acids is 1. The lowest BCUT2D eigenvalue weighted by Crippen LogP contribution is -2.22. The van der Waals surface area contributed by atoms with Crippen molar-refractivity contribution < 1.29 is 14.7 Å². The first-order chi connectivity index (χ1) is 13.4. The van der Waals surface area contributed by atoms with Gasteiger partial charge in [-0.15, -0.1) is 0 Å². The Morgan fingerprint density at radius 2 is 1.82 bits per heavy atom. The molecule has 1 heterocycles. The molecule has 144 valence electrons. The van der Waals surface area contributed by atoms with E-state index in [1.807, 2.05) is 30.3 Å². The molecule has 6 heteroatoms. The molecule has 0 saturated carbocycles. The molecule has 2 aromatic carbocycles. The van der Waals surface area contributed by atoms with Gasteiger partial charge in [-0.25, -0.2) is 4.79 Å². The van der Waals surface area contributed by atoms with E-state index in [9.17, 15) is 9.59 Å². The number of hydrogen-bond acceptors (Lipinski definition) is 4. The van der Waals surface area contributed by atoms with E-state index in [0.717, 1.165) is 24.3 Å². The van der Waals surface area contributed by atoms with Crippen LogP contribution < -0.4 is 9.91 Å². The van der Waals surface area contributed by atoms with Crippen molar-refractivity contribution in [1.82, 2.24) is 0 Å². The minimum atomic E-state index is -1.04. The minimum absolute atomic E-state index is 0.113. The van der Waals surface area contributed by atoms with E-state index in [0.29, 0.717) is 17.0 Å². The molecule has 0 spiro atoms. The van der Waals surface area contributed by atoms with Crippen LogP contribution in [0.15, 0.2) is 59.2 Å². The van der Waals surface area contributed by atoms with Gasteiger partial charge in [0, 0.05) is 18.8 Å². The highest BCUT2D eigenvalue weighted by atomic mass is 16.4. The van der Waals surface area contributed by atoms with Crippen LogP contribution in [0.3, 0.4) is 0 Å². The molecule has 1 aliphatic heterocycles. The molecule has 1 amide bonds. The number of hydrogen-bond donors (Lipinski definition) is 1. The summed E-state index contributed by atoms with van der Waals surface area (Å²) in [7, 11) is 0. The molecule has 6 nitrogen and oxygen atoms in total. The number of nitrogens with zero attached hydrogens (tertiary/aromatic N) is 3. The van der Waals surface area contributed by atoms with Crippen molar-refractivity contribution in [2.24, 2.45) is 5.10 Å². The number of benzene rings is 2. The first kappa shape index (κ1) is 19.4. The smallest absolute Gasteiger partial charge is 0.335 e. The van der Waals surface area contributed by atoms with Gasteiger partial charge in [-0.3, -0.25) is 4.79 Å². The summed E-state index contributed by atoms with van der Waals surface area (Å²) in [5.41, 5.74) is 3.69. The number of carbonyl (C=O) groups is 2. The molecule has 0 saturated heterocycles. The summed E-state index contributed by atoms with van der Waals surface area (Å²) in [4.78, 5) is 26.3. The number of rotatable bonds is 6. The van der Waals surface area contributed by atoms with Gasteiger partial charge in [-0.2, -0.15) is 10.1 Å². The summed E-state index contributed by atoms with van der Waals surface area (Å²) in [5.74, 6) is -1.31. The van der Waals surface area contributed by atoms with Gasteiger partial charge in [0.2, 0.25) is 0 Å². The van der Waals surface area contributed by atoms with Crippen LogP contribution in [0.2, 0.25) is 0 Å². The molecule has 0 aliphatic carbocycles. The average Bonchev–Trinajstić information content (AvgIpc) is 2.98. The first-order valence-electron chi connectivity index (χ1n) is 9.24. The first-order valence-corrected chi connectivity index (χ1v) is 9.24. The van der Waals surface area contributed by atoms with E-state index >= 15 is 0 Å². The maximum atomic E-state index is 12.9. The van der Waals surface area contributed by atoms with Gasteiger partial charge in [-0.05, 0) is 62.7 Å². The Kier molecular flexibility index (Phi) is 5.59. The van der Waals surface area contributed by atoms with Gasteiger partial charge in [0.25, 0.3) is 5.91 Å². The molecular formula is C22H23N3O3. The monoisotopic (exact) mass is 377 g/mol. The molecule has 2 aromatic rings. The van der Waals surface area contributed by atoms with E-state index in [1.165, 1.54) is 17.1 Å². The van der Waals surface area contributed by atoms with Gasteiger partial charge in [0.1, 0.15) is 0 Å². The van der Waals surface area contributed by atoms with Gasteiger partial charge < -0.3 is 10.0 Å². The highest BCUT2D eigenvalue weighted by Crippen LogP contribution is 2.26. The van der Waals surface area contributed by atoms with Gasteiger partial charge in [0.05, 0.1) is 22.5 Å². The molecule has 1 aliphatic rings. The highest BCUT2D eigenvalue weighted by Gasteiger charge is 2.29. The van der Waals surface area contributed by atoms with E-state index in [2.05, 4.69) is 23.8 Å². The second kappa shape index (κ2) is 8.08. The number of carboxylic acid groups (broad SMARTS) is 1. The molecule has 3 rings (SSSR count). The third-order valence-corrected chi connectivity index (χ3v) is 4.73. The van der Waals surface area contributed by atoms with Gasteiger partial charge in [-0.1, -0.05) is 18.2 Å². The fourth-order valence-electron chi connectivity index (χ4n) is 3.17. The largest absolute Gasteiger partial charge is 0.478 e. The zero-order valence-electron chi connectivity index (χ0n) is 16.2. The lowest BCUT2D eigenvalue weighted by atomic mass is 10.1. The van der Waals surface area contributed by atoms with E-state index in [1.54, 1.807) is 19.1 Å². The Labute approximate surface area is 164 Å². The summed E-state index contributed by atoms with van der Waals surface area (Å²) >= 11 is 0. The summed E-state index contributed by atoms with van der Waals surface area (Å²) in [6.07, 6.45) is 1.81. The fourth-order valence-corrected chi connectivity index (χ4v) is 3.17. The quantitative estimate of drug-likeness (QED) is 0.771. The average molecular weight is 377 g/mol. The van der Waals surface area contributed by atoms with Crippen molar-refractivity contribution in [3.8, 4) is 0 Å². The zero-order valence-corrected chi connectivity index (χ0v) is 16.2. The SMILES string of the molecule is CCN(CC)c1ccc(/C=C2\C(=O)N(c3cccc(C(=O)O)c3)N=C2C)cc1. The third-order valence-electron chi connectivity index (χ3n) is 4.73. The standard InChI is InChI=1S/C22H23N3O3/c1-4-24(5-2)18-11-9-16(10-12-18)13-20-15(3)23-25(21(20)26)19-8-6-7-17(14-19)22(27)28/h6-14H,4-5H2,1-3H3,(H,27,28)/b20-13-. The van der Waals surface area contributed by atoms with E-state index in [-0.39, 0.29) is 11.5 Å². The molecule has 0 aromatic heterocycles. The van der Waals surface area contributed by atoms with Crippen molar-refractivity contribution in [3.05, 3.63) is 65.2 Å². The van der Waals surface area contributed by atoms with Crippen LogP contribution in [0.5, 0.6) is 0 Å². The van der Waals surface area contributed by atoms with Crippen molar-refractivity contribution in [2.45, 2.75) is 20.8 Å². The normalized spacial score (nSPS) is 15.1. The summed E-state index contributed by atoms with van der Waals surface area (Å²) in [6.45, 7) is 7.88. The highest BCUT2D eigenvalue weighted by molar-refractivity contribution is 6.32. The zero-order chi connectivity index (χ0) is 20.3. The number of anilines is 2. The molecule has 0 atom stereocenters. The van der Waals surface area contributed by atoms with E-state index < -0.39 is 5.97 Å². The van der Waals surface area contributed by atoms with Crippen molar-refractivity contribution in [1.29, 1.82) is 0 Å². The van der Waals surface area contributed by atoms with Crippen LogP contribution in [0.25, 0.3) is 6.08 Å². The maximum absolute atomic E-state index is 12.9. The molecule has 28 heavy (non-hydrogen) atoms. The third kappa shape index (κ3) is 3.81. The number of aromatic carboxylic acids is 1. The molecule has 0 unspecified atom stereocenters. The van der Waals surface area contributed by atoms with Crippen molar-refractivity contribution in [3.63, 3.8) is 0 Å². The molecule has 1 N–H and O–H groups in total. The Balaban J connectivity index is 1.86. The summed E-state index contributed by atoms with van der Waals surface area (Å²) in [5, 5.41) is 14.7. The second-order valence-corrected chi connectivity index (χ2v) is 6.48. The molecule has 0 radical (unpaired) electrons. The van der Waals surface area contributed by atoms with Gasteiger partial charge >= 0.3 is 5.97 Å². The van der Waals surface area contributed by atoms with Crippen molar-refractivity contribution >= 4 is 35.0 Å². The number of carboxylic acids is 1. The Morgan fingerprint density at radius 1 is 1.14 bits per heavy atom. The van der Waals surface area contributed by atoms with Crippen LogP contribution in [0.4, 0.5) is 11.4 Å². The molecular weight excluding hydrogens is 354 g/mol. The lowest BCUT2D eigenvalue weighted by Gasteiger charge is -2.20. The Hall–Kier alpha value is -3.41. The van der Waals surface area contributed by atoms with Gasteiger partial charge in [0.15, 0.2) is 0 Å². The maximum Gasteiger partial charge on any atom is 0.335 e. The van der Waals surface area contributed by atoms with Crippen LogP contribution >= 0.6 is 0 Å². The minimum Gasteiger partial charge on any atom is -0.478 e. The topological polar surface area (TPSA) is 73.2 Å². The molecule has 0 fully saturated rings. The predicted molar refractivity (Wildman–Crippen MR) is 112 cm³/mol. The lowest BCUT2D eigenvalue weighted by molar-refractivity contribution is -0.114. The number of hydrazone groups is 1. The van der Waals surface area contributed by atoms with Crippen LogP contribution in [-0.4, -0.2) is 35.8 Å². The summed E-state index contributed by atoms with van der Waals surface area (Å²) < 4.78 is 0. The van der Waals surface area contributed by atoms with E-state index in [4.69, 9.17) is 5.11 Å². The second-order valence-electron chi connectivity index (χ2n) is 6.48. The number of amides is 1. The molecule has 0 bridgehead atoms. The Bertz CT molecular complexity index is 957. The van der Waals surface area contributed by atoms with Crippen LogP contribution in [0, 0.1) is 0 Å². The van der Waals surface area contributed by atoms with Crippen LogP contribution in [0.1, 0.15) is 36.7 Å². The van der Waals surface area contributed by atoms with Crippen molar-refractivity contribution in [2.75, 3.05) is 23.0 Å².